The van der Waals surface area contributed by atoms with Crippen LogP contribution in [0.5, 0.6) is 0 Å². The number of fused-ring (bicyclic) bond motifs is 4. The number of carboxylic acids is 1. The molecular formula is C35H48N3O17S5Si+. The lowest BCUT2D eigenvalue weighted by Gasteiger charge is -2.46. The van der Waals surface area contributed by atoms with E-state index in [1.54, 1.807) is 49.6 Å². The Bertz CT molecular complexity index is 2710. The van der Waals surface area contributed by atoms with Gasteiger partial charge in [0.1, 0.15) is 19.6 Å². The van der Waals surface area contributed by atoms with Crippen LogP contribution in [0.4, 0.5) is 11.4 Å². The summed E-state index contributed by atoms with van der Waals surface area (Å²) in [7, 11) is -26.4. The first kappa shape index (κ1) is 48.5. The predicted molar refractivity (Wildman–Crippen MR) is 231 cm³/mol. The van der Waals surface area contributed by atoms with Crippen molar-refractivity contribution in [2.24, 2.45) is 0 Å². The number of hydrogen-bond donors (Lipinski definition) is 7. The van der Waals surface area contributed by atoms with E-state index in [2.05, 4.69) is 4.99 Å². The molecule has 0 spiro atoms. The molecule has 338 valence electrons. The van der Waals surface area contributed by atoms with Crippen molar-refractivity contribution < 1.29 is 79.7 Å². The second-order valence-electron chi connectivity index (χ2n) is 16.9. The molecule has 0 amide bonds. The fourth-order valence-corrected chi connectivity index (χ4v) is 14.0. The number of nitrogens with one attached hydrogen (secondary N) is 1. The zero-order valence-corrected chi connectivity index (χ0v) is 38.9. The van der Waals surface area contributed by atoms with Crippen LogP contribution in [0, 0.1) is 0 Å². The summed E-state index contributed by atoms with van der Waals surface area (Å²) in [5.74, 6) is -5.85. The minimum atomic E-state index is -4.72. The molecule has 0 saturated heterocycles. The second kappa shape index (κ2) is 15.9. The maximum absolute atomic E-state index is 12.8. The minimum Gasteiger partial charge on any atom is -0.476 e. The summed E-state index contributed by atoms with van der Waals surface area (Å²) in [4.78, 5) is 18.9. The standard InChI is InChI=1S/C35H47N3O17S5Si/c1-34(2)17-21(19-59(50,51)52)23-13-25-30(15-28(23)37(34)8-11-57(44,45)46)61(5,6)31-16-29-24(14-26(31)32(25)36-27(33(39)40)7-10-56(41,42)43)22(20-60(53,54)55)18-35(3,4)38(29)9-12-58(47,48)49/h13-18,27H,7-12,19-20H2,1-6H3,(H,39,40)(H,41,42,43)(H,44,45,46)(H,47,48,49)(H,50,51,52)(H,53,54,55)/p+1. The highest BCUT2D eigenvalue weighted by molar-refractivity contribution is 7.87. The number of benzene rings is 2. The Labute approximate surface area is 355 Å². The van der Waals surface area contributed by atoms with Gasteiger partial charge in [-0.1, -0.05) is 25.2 Å². The first-order valence-corrected chi connectivity index (χ1v) is 29.4. The Kier molecular flexibility index (Phi) is 12.6. The van der Waals surface area contributed by atoms with Crippen molar-refractivity contribution in [1.29, 1.82) is 0 Å². The fraction of sp³-hybridized carbons (Fsp3) is 0.486. The maximum Gasteiger partial charge on any atom is 0.372 e. The van der Waals surface area contributed by atoms with Gasteiger partial charge in [-0.25, -0.2) is 9.79 Å². The molecule has 3 aliphatic heterocycles. The van der Waals surface area contributed by atoms with Gasteiger partial charge in [0.2, 0.25) is 11.8 Å². The molecule has 61 heavy (non-hydrogen) atoms. The van der Waals surface area contributed by atoms with E-state index >= 15 is 0 Å². The minimum absolute atomic E-state index is 0.0196. The van der Waals surface area contributed by atoms with Crippen molar-refractivity contribution in [1.82, 2.24) is 0 Å². The normalized spacial score (nSPS) is 18.8. The molecule has 0 aromatic heterocycles. The van der Waals surface area contributed by atoms with Gasteiger partial charge in [-0.15, -0.1) is 0 Å². The van der Waals surface area contributed by atoms with Crippen LogP contribution < -0.4 is 25.2 Å². The van der Waals surface area contributed by atoms with E-state index in [9.17, 15) is 74.8 Å². The molecule has 0 fully saturated rings. The highest BCUT2D eigenvalue weighted by atomic mass is 32.2. The summed E-state index contributed by atoms with van der Waals surface area (Å²) >= 11 is 0. The van der Waals surface area contributed by atoms with Crippen LogP contribution in [0.2, 0.25) is 13.1 Å². The van der Waals surface area contributed by atoms with Gasteiger partial charge < -0.3 is 14.9 Å². The topological polar surface area (TPSA) is 330 Å². The monoisotopic (exact) mass is 970 g/mol. The first-order valence-electron chi connectivity index (χ1n) is 18.4. The molecular weight excluding hydrogens is 923 g/mol. The molecule has 7 N–H and O–H groups in total. The third kappa shape index (κ3) is 11.2. The smallest absolute Gasteiger partial charge is 0.372 e. The number of carboxylic acid groups (broad SMARTS) is 1. The third-order valence-corrected chi connectivity index (χ3v) is 18.0. The van der Waals surface area contributed by atoms with E-state index in [-0.39, 0.29) is 63.6 Å². The van der Waals surface area contributed by atoms with Crippen molar-refractivity contribution in [3.05, 3.63) is 58.7 Å². The van der Waals surface area contributed by atoms with Crippen LogP contribution in [0.15, 0.2) is 36.4 Å². The quantitative estimate of drug-likeness (QED) is 0.0830. The van der Waals surface area contributed by atoms with Gasteiger partial charge in [0.15, 0.2) is 0 Å². The van der Waals surface area contributed by atoms with E-state index in [1.807, 2.05) is 13.1 Å². The van der Waals surface area contributed by atoms with Gasteiger partial charge in [-0.05, 0) is 73.5 Å². The number of hydrogen-bond acceptors (Lipinski definition) is 13. The Balaban J connectivity index is 1.94. The van der Waals surface area contributed by atoms with E-state index in [4.69, 9.17) is 0 Å². The molecule has 1 unspecified atom stereocenters. The number of nitrogens with zero attached hydrogens (tertiary/aromatic N) is 2. The van der Waals surface area contributed by atoms with Crippen LogP contribution >= 0.6 is 0 Å². The summed E-state index contributed by atoms with van der Waals surface area (Å²) in [6, 6.07) is 4.63. The zero-order valence-electron chi connectivity index (χ0n) is 33.8. The summed E-state index contributed by atoms with van der Waals surface area (Å²) in [5, 5.41) is 11.4. The summed E-state index contributed by atoms with van der Waals surface area (Å²) in [6.45, 7) is 9.80. The average molecular weight is 971 g/mol. The molecule has 20 nitrogen and oxygen atoms in total. The van der Waals surface area contributed by atoms with Crippen LogP contribution in [0.25, 0.3) is 11.1 Å². The summed E-state index contributed by atoms with van der Waals surface area (Å²) in [5.41, 5.74) is -0.702. The lowest BCUT2D eigenvalue weighted by atomic mass is 9.85. The highest BCUT2D eigenvalue weighted by Gasteiger charge is 2.46. The van der Waals surface area contributed by atoms with Crippen molar-refractivity contribution in [3.8, 4) is 0 Å². The number of anilines is 2. The van der Waals surface area contributed by atoms with Crippen molar-refractivity contribution in [3.63, 3.8) is 0 Å². The highest BCUT2D eigenvalue weighted by Crippen LogP contribution is 2.43. The van der Waals surface area contributed by atoms with E-state index in [1.165, 1.54) is 24.3 Å². The lowest BCUT2D eigenvalue weighted by Crippen LogP contribution is -2.84. The van der Waals surface area contributed by atoms with Gasteiger partial charge in [0.25, 0.3) is 50.6 Å². The summed E-state index contributed by atoms with van der Waals surface area (Å²) < 4.78 is 171. The molecule has 26 heteroatoms. The summed E-state index contributed by atoms with van der Waals surface area (Å²) in [6.07, 6.45) is 2.31. The molecule has 3 aliphatic rings. The Morgan fingerprint density at radius 1 is 0.607 bits per heavy atom. The van der Waals surface area contributed by atoms with Crippen LogP contribution in [0.3, 0.4) is 0 Å². The Morgan fingerprint density at radius 2 is 0.967 bits per heavy atom. The first-order chi connectivity index (χ1) is 27.4. The molecule has 5 rings (SSSR count). The van der Waals surface area contributed by atoms with Crippen LogP contribution in [0.1, 0.15) is 56.4 Å². The van der Waals surface area contributed by atoms with E-state index in [0.717, 1.165) is 0 Å². The molecule has 0 aliphatic carbocycles. The third-order valence-electron chi connectivity index (χ3n) is 11.0. The van der Waals surface area contributed by atoms with Gasteiger partial charge in [-0.3, -0.25) is 22.8 Å². The average Bonchev–Trinajstić information content (AvgIpc) is 3.03. The van der Waals surface area contributed by atoms with Crippen molar-refractivity contribution >= 4 is 103 Å². The van der Waals surface area contributed by atoms with Gasteiger partial charge in [0.05, 0.1) is 28.3 Å². The van der Waals surface area contributed by atoms with Gasteiger partial charge in [0, 0.05) is 53.1 Å². The van der Waals surface area contributed by atoms with E-state index in [0.29, 0.717) is 10.4 Å². The van der Waals surface area contributed by atoms with Crippen molar-refractivity contribution in [2.45, 2.75) is 64.3 Å². The molecule has 0 radical (unpaired) electrons. The number of rotatable bonds is 15. The number of aliphatic carboxylic acids is 1. The Hall–Kier alpha value is -3.57. The molecule has 1 atom stereocenters. The molecule has 0 saturated carbocycles. The number of carbonyl (C=O) groups is 1. The molecule has 3 heterocycles. The maximum atomic E-state index is 12.8. The van der Waals surface area contributed by atoms with E-state index < -0.39 is 117 Å². The lowest BCUT2D eigenvalue weighted by molar-refractivity contribution is -0.489. The molecule has 2 aromatic carbocycles. The second-order valence-corrected chi connectivity index (χ2v) is 28.9. The SMILES string of the molecule is CC1(C)C=C(CS(=O)(=O)O)c2cc3c(cc2N1CCS(=O)(=O)O)[Si](C)(C)c1cc2c(cc1C3=[NH+]C(CCS(=O)(=O)O)C(=O)O)C(CS(=O)(=O)O)=CC(C)(C)N2CCS(=O)(=O)O. The van der Waals surface area contributed by atoms with Crippen molar-refractivity contribution in [2.75, 3.05) is 51.7 Å². The van der Waals surface area contributed by atoms with Gasteiger partial charge in [-0.2, -0.15) is 42.1 Å². The fourth-order valence-electron chi connectivity index (χ4n) is 8.38. The largest absolute Gasteiger partial charge is 0.476 e. The molecule has 0 bridgehead atoms. The predicted octanol–water partition coefficient (Wildman–Crippen LogP) is -1.01. The van der Waals surface area contributed by atoms with Crippen LogP contribution in [-0.2, 0) is 55.4 Å². The van der Waals surface area contributed by atoms with Crippen LogP contribution in [-0.4, -0.2) is 149 Å². The zero-order chi connectivity index (χ0) is 46.3. The molecule has 2 aromatic rings. The Morgan fingerprint density at radius 3 is 1.28 bits per heavy atom. The van der Waals surface area contributed by atoms with Gasteiger partial charge >= 0.3 is 5.97 Å².